The molecule has 2 aromatic rings. The van der Waals surface area contributed by atoms with E-state index < -0.39 is 0 Å². The first-order chi connectivity index (χ1) is 13.2. The van der Waals surface area contributed by atoms with E-state index >= 15 is 0 Å². The van der Waals surface area contributed by atoms with Crippen LogP contribution in [0.4, 0.5) is 4.79 Å². The quantitative estimate of drug-likeness (QED) is 0.798. The summed E-state index contributed by atoms with van der Waals surface area (Å²) in [4.78, 5) is 20.1. The molecule has 142 valence electrons. The Morgan fingerprint density at radius 1 is 1.07 bits per heavy atom. The highest BCUT2D eigenvalue weighted by Gasteiger charge is 2.49. The van der Waals surface area contributed by atoms with E-state index in [4.69, 9.17) is 4.98 Å². The average Bonchev–Trinajstić information content (AvgIpc) is 3.30. The Labute approximate surface area is 164 Å². The Balaban J connectivity index is 1.21. The molecule has 1 saturated heterocycles. The van der Waals surface area contributed by atoms with Gasteiger partial charge in [-0.1, -0.05) is 12.1 Å². The Bertz CT molecular complexity index is 816. The first-order valence-electron chi connectivity index (χ1n) is 10.7. The van der Waals surface area contributed by atoms with Crippen LogP contribution in [0.1, 0.15) is 56.0 Å². The fourth-order valence-electron chi connectivity index (χ4n) is 6.69. The maximum Gasteiger partial charge on any atom is 0.318 e. The van der Waals surface area contributed by atoms with E-state index in [1.165, 1.54) is 36.8 Å². The first-order valence-corrected chi connectivity index (χ1v) is 11.5. The minimum atomic E-state index is 0.152. The molecule has 1 aromatic carbocycles. The van der Waals surface area contributed by atoms with E-state index in [1.807, 2.05) is 6.07 Å². The Morgan fingerprint density at radius 3 is 2.56 bits per heavy atom. The lowest BCUT2D eigenvalue weighted by Gasteiger charge is -2.54. The molecule has 1 unspecified atom stereocenters. The minimum Gasteiger partial charge on any atom is -0.335 e. The van der Waals surface area contributed by atoms with Crippen LogP contribution >= 0.6 is 11.3 Å². The molecule has 1 N–H and O–H groups in total. The van der Waals surface area contributed by atoms with Crippen molar-refractivity contribution in [1.29, 1.82) is 0 Å². The molecule has 1 aliphatic heterocycles. The fraction of sp³-hybridized carbons (Fsp3) is 0.636. The van der Waals surface area contributed by atoms with Crippen molar-refractivity contribution in [3.05, 3.63) is 29.3 Å². The number of nitrogens with zero attached hydrogens (tertiary/aromatic N) is 2. The SMILES string of the molecule is O=C(NC1C2CC3CC(C2)CC1C3)N1CCCC1c1nc2ccccc2s1. The lowest BCUT2D eigenvalue weighted by molar-refractivity contribution is -0.0112. The van der Waals surface area contributed by atoms with Gasteiger partial charge in [-0.05, 0) is 80.8 Å². The third kappa shape index (κ3) is 2.69. The molecule has 27 heavy (non-hydrogen) atoms. The summed E-state index contributed by atoms with van der Waals surface area (Å²) in [5.41, 5.74) is 1.06. The zero-order valence-electron chi connectivity index (χ0n) is 15.6. The molecule has 5 aliphatic rings. The second-order valence-electron chi connectivity index (χ2n) is 9.28. The van der Waals surface area contributed by atoms with Crippen molar-refractivity contribution in [2.24, 2.45) is 23.7 Å². The number of fused-ring (bicyclic) bond motifs is 1. The third-order valence-electron chi connectivity index (χ3n) is 7.63. The lowest BCUT2D eigenvalue weighted by atomic mass is 9.54. The summed E-state index contributed by atoms with van der Waals surface area (Å²) >= 11 is 1.75. The van der Waals surface area contributed by atoms with Crippen molar-refractivity contribution >= 4 is 27.6 Å². The molecule has 4 saturated carbocycles. The van der Waals surface area contributed by atoms with Gasteiger partial charge in [-0.25, -0.2) is 9.78 Å². The zero-order chi connectivity index (χ0) is 18.0. The number of likely N-dealkylation sites (tertiary alicyclic amines) is 1. The number of hydrogen-bond acceptors (Lipinski definition) is 3. The highest BCUT2D eigenvalue weighted by molar-refractivity contribution is 7.18. The first kappa shape index (κ1) is 16.3. The van der Waals surface area contributed by atoms with Crippen LogP contribution in [0.3, 0.4) is 0 Å². The molecule has 0 spiro atoms. The van der Waals surface area contributed by atoms with E-state index in [0.29, 0.717) is 6.04 Å². The predicted octanol–water partition coefficient (Wildman–Crippen LogP) is 4.97. The maximum absolute atomic E-state index is 13.2. The minimum absolute atomic E-state index is 0.152. The van der Waals surface area contributed by atoms with Gasteiger partial charge in [-0.15, -0.1) is 11.3 Å². The summed E-state index contributed by atoms with van der Waals surface area (Å²) in [7, 11) is 0. The van der Waals surface area contributed by atoms with E-state index in [0.717, 1.165) is 53.6 Å². The average molecular weight is 382 g/mol. The van der Waals surface area contributed by atoms with Gasteiger partial charge in [0.2, 0.25) is 0 Å². The molecule has 5 fully saturated rings. The molecular weight excluding hydrogens is 354 g/mol. The monoisotopic (exact) mass is 381 g/mol. The van der Waals surface area contributed by atoms with Crippen molar-refractivity contribution < 1.29 is 4.79 Å². The molecule has 7 rings (SSSR count). The summed E-state index contributed by atoms with van der Waals surface area (Å²) < 4.78 is 1.22. The van der Waals surface area contributed by atoms with Crippen molar-refractivity contribution in [2.45, 2.75) is 57.0 Å². The van der Waals surface area contributed by atoms with Crippen LogP contribution in [0, 0.1) is 23.7 Å². The molecule has 4 bridgehead atoms. The fourth-order valence-corrected chi connectivity index (χ4v) is 7.80. The number of thiazole rings is 1. The number of urea groups is 1. The van der Waals surface area contributed by atoms with Gasteiger partial charge in [0.05, 0.1) is 16.3 Å². The number of nitrogens with one attached hydrogen (secondary N) is 1. The van der Waals surface area contributed by atoms with Gasteiger partial charge in [0.15, 0.2) is 0 Å². The predicted molar refractivity (Wildman–Crippen MR) is 108 cm³/mol. The summed E-state index contributed by atoms with van der Waals surface area (Å²) in [6, 6.07) is 9.04. The van der Waals surface area contributed by atoms with Crippen LogP contribution in [0.2, 0.25) is 0 Å². The summed E-state index contributed by atoms with van der Waals surface area (Å²) in [5.74, 6) is 3.35. The number of carbonyl (C=O) groups excluding carboxylic acids is 1. The van der Waals surface area contributed by atoms with Crippen molar-refractivity contribution in [3.63, 3.8) is 0 Å². The number of benzene rings is 1. The van der Waals surface area contributed by atoms with Gasteiger partial charge >= 0.3 is 6.03 Å². The maximum atomic E-state index is 13.2. The van der Waals surface area contributed by atoms with Crippen LogP contribution in [0.15, 0.2) is 24.3 Å². The van der Waals surface area contributed by atoms with Gasteiger partial charge in [0.1, 0.15) is 5.01 Å². The highest BCUT2D eigenvalue weighted by atomic mass is 32.1. The molecule has 1 atom stereocenters. The van der Waals surface area contributed by atoms with Gasteiger partial charge < -0.3 is 10.2 Å². The van der Waals surface area contributed by atoms with E-state index in [2.05, 4.69) is 28.4 Å². The van der Waals surface area contributed by atoms with E-state index in [1.54, 1.807) is 11.3 Å². The van der Waals surface area contributed by atoms with Crippen molar-refractivity contribution in [3.8, 4) is 0 Å². The number of para-hydroxylation sites is 1. The van der Waals surface area contributed by atoms with E-state index in [-0.39, 0.29) is 12.1 Å². The molecule has 5 heteroatoms. The molecular formula is C22H27N3OS. The summed E-state index contributed by atoms with van der Waals surface area (Å²) in [6.45, 7) is 0.861. The Hall–Kier alpha value is -1.62. The highest BCUT2D eigenvalue weighted by Crippen LogP contribution is 2.53. The van der Waals surface area contributed by atoms with E-state index in [9.17, 15) is 4.79 Å². The van der Waals surface area contributed by atoms with Crippen LogP contribution in [-0.4, -0.2) is 28.5 Å². The molecule has 1 aromatic heterocycles. The standard InChI is InChI=1S/C22H27N3OS/c26-22(24-20-15-9-13-8-14(11-15)12-16(20)10-13)25-7-3-5-18(25)21-23-17-4-1-2-6-19(17)27-21/h1-2,4,6,13-16,18,20H,3,5,7-12H2,(H,24,26). The summed E-state index contributed by atoms with van der Waals surface area (Å²) in [5, 5.41) is 4.61. The largest absolute Gasteiger partial charge is 0.335 e. The number of carbonyl (C=O) groups is 1. The normalized spacial score (nSPS) is 37.3. The smallest absolute Gasteiger partial charge is 0.318 e. The van der Waals surface area contributed by atoms with Gasteiger partial charge in [-0.3, -0.25) is 0 Å². The number of aromatic nitrogens is 1. The van der Waals surface area contributed by atoms with Gasteiger partial charge in [0.25, 0.3) is 0 Å². The topological polar surface area (TPSA) is 45.2 Å². The second kappa shape index (κ2) is 6.20. The lowest BCUT2D eigenvalue weighted by Crippen LogP contribution is -2.57. The molecule has 2 amide bonds. The number of amides is 2. The van der Waals surface area contributed by atoms with Crippen LogP contribution in [-0.2, 0) is 0 Å². The van der Waals surface area contributed by atoms with Crippen molar-refractivity contribution in [1.82, 2.24) is 15.2 Å². The molecule has 0 radical (unpaired) electrons. The molecule has 4 aliphatic carbocycles. The molecule has 4 nitrogen and oxygen atoms in total. The van der Waals surface area contributed by atoms with Crippen LogP contribution in [0.5, 0.6) is 0 Å². The summed E-state index contributed by atoms with van der Waals surface area (Å²) in [6.07, 6.45) is 8.96. The molecule has 2 heterocycles. The van der Waals surface area contributed by atoms with Crippen LogP contribution in [0.25, 0.3) is 10.2 Å². The van der Waals surface area contributed by atoms with Gasteiger partial charge in [0, 0.05) is 12.6 Å². The van der Waals surface area contributed by atoms with Crippen LogP contribution < -0.4 is 5.32 Å². The van der Waals surface area contributed by atoms with Gasteiger partial charge in [-0.2, -0.15) is 0 Å². The Kier molecular flexibility index (Phi) is 3.75. The second-order valence-corrected chi connectivity index (χ2v) is 10.3. The number of hydrogen-bond donors (Lipinski definition) is 1. The van der Waals surface area contributed by atoms with Crippen molar-refractivity contribution in [2.75, 3.05) is 6.54 Å². The zero-order valence-corrected chi connectivity index (χ0v) is 16.5. The Morgan fingerprint density at radius 2 is 1.81 bits per heavy atom. The number of rotatable bonds is 2. The third-order valence-corrected chi connectivity index (χ3v) is 8.76.